The predicted octanol–water partition coefficient (Wildman–Crippen LogP) is 6.92. The minimum atomic E-state index is -0.444. The van der Waals surface area contributed by atoms with Crippen molar-refractivity contribution in [1.82, 2.24) is 0 Å². The number of esters is 1. The van der Waals surface area contributed by atoms with Crippen molar-refractivity contribution >= 4 is 5.97 Å². The van der Waals surface area contributed by atoms with Crippen LogP contribution < -0.4 is 4.74 Å². The highest BCUT2D eigenvalue weighted by Gasteiger charge is 2.14. The van der Waals surface area contributed by atoms with Crippen LogP contribution >= 0.6 is 0 Å². The van der Waals surface area contributed by atoms with E-state index in [0.29, 0.717) is 12.6 Å². The number of rotatable bonds is 16. The number of hydrogen-bond acceptors (Lipinski definition) is 4. The van der Waals surface area contributed by atoms with Crippen LogP contribution in [-0.2, 0) is 4.74 Å². The smallest absolute Gasteiger partial charge is 0.374 e. The SMILES string of the molecule is CCCCCCCCCCCCCCOc1ccc(C(=O)OC(C)C)o1. The molecule has 0 atom stereocenters. The van der Waals surface area contributed by atoms with Crippen LogP contribution in [0.15, 0.2) is 16.5 Å². The fourth-order valence-corrected chi connectivity index (χ4v) is 2.90. The molecule has 150 valence electrons. The van der Waals surface area contributed by atoms with E-state index in [-0.39, 0.29) is 11.9 Å². The van der Waals surface area contributed by atoms with E-state index in [2.05, 4.69) is 6.92 Å². The van der Waals surface area contributed by atoms with Gasteiger partial charge in [0, 0.05) is 6.07 Å². The Morgan fingerprint density at radius 3 is 1.96 bits per heavy atom. The van der Waals surface area contributed by atoms with Crippen molar-refractivity contribution in [3.8, 4) is 5.95 Å². The molecular formula is C22H38O4. The second-order valence-corrected chi connectivity index (χ2v) is 7.31. The van der Waals surface area contributed by atoms with Crippen LogP contribution in [0.1, 0.15) is 108 Å². The average molecular weight is 367 g/mol. The molecule has 0 unspecified atom stereocenters. The van der Waals surface area contributed by atoms with E-state index in [0.717, 1.165) is 6.42 Å². The van der Waals surface area contributed by atoms with Crippen LogP contribution in [0.4, 0.5) is 0 Å². The third kappa shape index (κ3) is 11.2. The molecule has 0 spiro atoms. The van der Waals surface area contributed by atoms with Crippen LogP contribution in [0.3, 0.4) is 0 Å². The van der Waals surface area contributed by atoms with Gasteiger partial charge in [-0.2, -0.15) is 0 Å². The number of unbranched alkanes of at least 4 members (excludes halogenated alkanes) is 11. The summed E-state index contributed by atoms with van der Waals surface area (Å²) >= 11 is 0. The first-order valence-corrected chi connectivity index (χ1v) is 10.6. The highest BCUT2D eigenvalue weighted by molar-refractivity contribution is 5.86. The van der Waals surface area contributed by atoms with E-state index in [1.165, 1.54) is 70.6 Å². The summed E-state index contributed by atoms with van der Waals surface area (Å²) in [5.74, 6) is 0.146. The zero-order valence-corrected chi connectivity index (χ0v) is 17.1. The van der Waals surface area contributed by atoms with Gasteiger partial charge in [-0.1, -0.05) is 77.6 Å². The Labute approximate surface area is 159 Å². The molecule has 0 amide bonds. The third-order valence-electron chi connectivity index (χ3n) is 4.37. The molecule has 1 rings (SSSR count). The van der Waals surface area contributed by atoms with Gasteiger partial charge in [-0.15, -0.1) is 0 Å². The second kappa shape index (κ2) is 14.7. The van der Waals surface area contributed by atoms with Crippen LogP contribution in [0, 0.1) is 0 Å². The van der Waals surface area contributed by atoms with Gasteiger partial charge in [0.15, 0.2) is 0 Å². The number of hydrogen-bond donors (Lipinski definition) is 0. The molecule has 0 aliphatic heterocycles. The van der Waals surface area contributed by atoms with Gasteiger partial charge < -0.3 is 13.9 Å². The Balaban J connectivity index is 1.93. The predicted molar refractivity (Wildman–Crippen MR) is 106 cm³/mol. The molecule has 0 fully saturated rings. The number of furan rings is 1. The summed E-state index contributed by atoms with van der Waals surface area (Å²) in [6.45, 7) is 6.52. The van der Waals surface area contributed by atoms with Crippen LogP contribution in [-0.4, -0.2) is 18.7 Å². The van der Waals surface area contributed by atoms with Crippen LogP contribution in [0.5, 0.6) is 5.95 Å². The van der Waals surface area contributed by atoms with E-state index in [1.807, 2.05) is 13.8 Å². The lowest BCUT2D eigenvalue weighted by Crippen LogP contribution is -2.10. The maximum absolute atomic E-state index is 11.7. The van der Waals surface area contributed by atoms with Crippen LogP contribution in [0.25, 0.3) is 0 Å². The van der Waals surface area contributed by atoms with Crippen molar-refractivity contribution in [2.75, 3.05) is 6.61 Å². The summed E-state index contributed by atoms with van der Waals surface area (Å²) < 4.78 is 16.0. The van der Waals surface area contributed by atoms with E-state index in [9.17, 15) is 4.79 Å². The Hall–Kier alpha value is -1.45. The highest BCUT2D eigenvalue weighted by Crippen LogP contribution is 2.18. The van der Waals surface area contributed by atoms with Crippen LogP contribution in [0.2, 0.25) is 0 Å². The lowest BCUT2D eigenvalue weighted by Gasteiger charge is -2.05. The van der Waals surface area contributed by atoms with Gasteiger partial charge >= 0.3 is 5.97 Å². The monoisotopic (exact) mass is 366 g/mol. The Morgan fingerprint density at radius 2 is 1.42 bits per heavy atom. The molecule has 0 aliphatic rings. The van der Waals surface area contributed by atoms with Crippen molar-refractivity contribution in [2.24, 2.45) is 0 Å². The van der Waals surface area contributed by atoms with Crippen molar-refractivity contribution in [1.29, 1.82) is 0 Å². The minimum absolute atomic E-state index is 0.155. The zero-order valence-electron chi connectivity index (χ0n) is 17.1. The van der Waals surface area contributed by atoms with E-state index in [1.54, 1.807) is 12.1 Å². The summed E-state index contributed by atoms with van der Waals surface area (Å²) in [4.78, 5) is 11.7. The molecule has 4 heteroatoms. The largest absolute Gasteiger partial charge is 0.465 e. The van der Waals surface area contributed by atoms with Gasteiger partial charge in [-0.3, -0.25) is 0 Å². The topological polar surface area (TPSA) is 48.7 Å². The Morgan fingerprint density at radius 1 is 0.885 bits per heavy atom. The molecular weight excluding hydrogens is 328 g/mol. The number of carbonyl (C=O) groups is 1. The van der Waals surface area contributed by atoms with Gasteiger partial charge in [-0.05, 0) is 26.3 Å². The van der Waals surface area contributed by atoms with Gasteiger partial charge in [0.1, 0.15) is 0 Å². The Kier molecular flexibility index (Phi) is 12.8. The summed E-state index contributed by atoms with van der Waals surface area (Å²) in [6.07, 6.45) is 15.7. The molecule has 0 aliphatic carbocycles. The lowest BCUT2D eigenvalue weighted by atomic mass is 10.1. The quantitative estimate of drug-likeness (QED) is 0.235. The van der Waals surface area contributed by atoms with Gasteiger partial charge in [0.2, 0.25) is 5.76 Å². The van der Waals surface area contributed by atoms with Crippen molar-refractivity contribution < 1.29 is 18.7 Å². The standard InChI is InChI=1S/C22H38O4/c1-4-5-6-7-8-9-10-11-12-13-14-15-18-24-21-17-16-20(26-21)22(23)25-19(2)3/h16-17,19H,4-15,18H2,1-3H3. The lowest BCUT2D eigenvalue weighted by molar-refractivity contribution is 0.0334. The number of ether oxygens (including phenoxy) is 2. The first-order chi connectivity index (χ1) is 12.6. The Bertz CT molecular complexity index is 464. The van der Waals surface area contributed by atoms with Crippen molar-refractivity contribution in [3.05, 3.63) is 17.9 Å². The normalized spacial score (nSPS) is 11.1. The zero-order chi connectivity index (χ0) is 19.0. The van der Waals surface area contributed by atoms with Crippen molar-refractivity contribution in [2.45, 2.75) is 104 Å². The summed E-state index contributed by atoms with van der Waals surface area (Å²) in [5, 5.41) is 0. The maximum Gasteiger partial charge on any atom is 0.374 e. The fraction of sp³-hybridized carbons (Fsp3) is 0.773. The highest BCUT2D eigenvalue weighted by atomic mass is 16.6. The van der Waals surface area contributed by atoms with E-state index < -0.39 is 5.97 Å². The average Bonchev–Trinajstić information content (AvgIpc) is 3.07. The minimum Gasteiger partial charge on any atom is -0.465 e. The molecule has 1 aromatic heterocycles. The van der Waals surface area contributed by atoms with Gasteiger partial charge in [0.25, 0.3) is 5.95 Å². The maximum atomic E-state index is 11.7. The molecule has 1 heterocycles. The fourth-order valence-electron chi connectivity index (χ4n) is 2.90. The molecule has 0 saturated carbocycles. The molecule has 0 radical (unpaired) electrons. The molecule has 0 N–H and O–H groups in total. The molecule has 26 heavy (non-hydrogen) atoms. The van der Waals surface area contributed by atoms with E-state index in [4.69, 9.17) is 13.9 Å². The van der Waals surface area contributed by atoms with E-state index >= 15 is 0 Å². The third-order valence-corrected chi connectivity index (χ3v) is 4.37. The molecule has 0 saturated heterocycles. The molecule has 0 aromatic carbocycles. The van der Waals surface area contributed by atoms with Gasteiger partial charge in [0.05, 0.1) is 12.7 Å². The second-order valence-electron chi connectivity index (χ2n) is 7.31. The molecule has 4 nitrogen and oxygen atoms in total. The van der Waals surface area contributed by atoms with Crippen molar-refractivity contribution in [3.63, 3.8) is 0 Å². The summed E-state index contributed by atoms with van der Waals surface area (Å²) in [5.41, 5.74) is 0. The summed E-state index contributed by atoms with van der Waals surface area (Å²) in [6, 6.07) is 3.28. The molecule has 1 aromatic rings. The molecule has 0 bridgehead atoms. The summed E-state index contributed by atoms with van der Waals surface area (Å²) in [7, 11) is 0. The first-order valence-electron chi connectivity index (χ1n) is 10.6. The van der Waals surface area contributed by atoms with Gasteiger partial charge in [-0.25, -0.2) is 4.79 Å². The first kappa shape index (κ1) is 22.6. The number of carbonyl (C=O) groups excluding carboxylic acids is 1.